The number of anilines is 1. The molecular formula is C16H17F3N4OS. The first-order chi connectivity index (χ1) is 11.5. The standard InChI is InChI=1S/C16H17F3N4OS/c1-15(2,3)23-14(25)22-13-20-11(16(17,18)19)9-12(21-13)24-10-7-5-4-6-8-10/h4-9H,1-3H3,(H2,20,21,22,23,25). The van der Waals surface area contributed by atoms with Crippen molar-refractivity contribution in [3.05, 3.63) is 42.1 Å². The largest absolute Gasteiger partial charge is 0.439 e. The predicted octanol–water partition coefficient (Wildman–Crippen LogP) is 4.37. The fraction of sp³-hybridized carbons (Fsp3) is 0.312. The zero-order chi connectivity index (χ0) is 18.7. The molecule has 1 heterocycles. The van der Waals surface area contributed by atoms with Gasteiger partial charge in [0.05, 0.1) is 0 Å². The number of aromatic nitrogens is 2. The van der Waals surface area contributed by atoms with Crippen LogP contribution in [-0.4, -0.2) is 20.6 Å². The summed E-state index contributed by atoms with van der Waals surface area (Å²) in [5, 5.41) is 5.58. The Hall–Kier alpha value is -2.42. The molecule has 2 aromatic rings. The van der Waals surface area contributed by atoms with E-state index >= 15 is 0 Å². The van der Waals surface area contributed by atoms with Gasteiger partial charge in [-0.15, -0.1) is 0 Å². The van der Waals surface area contributed by atoms with Crippen molar-refractivity contribution >= 4 is 23.3 Å². The summed E-state index contributed by atoms with van der Waals surface area (Å²) in [6.45, 7) is 5.58. The topological polar surface area (TPSA) is 59.1 Å². The van der Waals surface area contributed by atoms with Crippen LogP contribution < -0.4 is 15.4 Å². The van der Waals surface area contributed by atoms with Crippen LogP contribution in [0.25, 0.3) is 0 Å². The zero-order valence-electron chi connectivity index (χ0n) is 13.8. The number of thiocarbonyl (C=S) groups is 1. The Bertz CT molecular complexity index is 745. The minimum Gasteiger partial charge on any atom is -0.439 e. The molecule has 2 rings (SSSR count). The normalized spacial score (nSPS) is 11.8. The number of para-hydroxylation sites is 1. The van der Waals surface area contributed by atoms with Gasteiger partial charge in [0.15, 0.2) is 10.8 Å². The highest BCUT2D eigenvalue weighted by Gasteiger charge is 2.34. The van der Waals surface area contributed by atoms with E-state index < -0.39 is 11.9 Å². The number of nitrogens with zero attached hydrogens (tertiary/aromatic N) is 2. The smallest absolute Gasteiger partial charge is 0.433 e. The summed E-state index contributed by atoms with van der Waals surface area (Å²) in [4.78, 5) is 7.40. The van der Waals surface area contributed by atoms with E-state index in [-0.39, 0.29) is 22.5 Å². The summed E-state index contributed by atoms with van der Waals surface area (Å²) >= 11 is 5.07. The fourth-order valence-electron chi connectivity index (χ4n) is 1.76. The molecule has 0 saturated carbocycles. The van der Waals surface area contributed by atoms with Crippen LogP contribution in [0.4, 0.5) is 19.1 Å². The van der Waals surface area contributed by atoms with Crippen molar-refractivity contribution in [1.29, 1.82) is 0 Å². The Labute approximate surface area is 148 Å². The summed E-state index contributed by atoms with van der Waals surface area (Å²) < 4.78 is 44.6. The monoisotopic (exact) mass is 370 g/mol. The molecule has 0 aliphatic carbocycles. The number of halogens is 3. The van der Waals surface area contributed by atoms with Crippen LogP contribution >= 0.6 is 12.2 Å². The number of rotatable bonds is 3. The summed E-state index contributed by atoms with van der Waals surface area (Å²) in [5.74, 6) is -0.187. The average molecular weight is 370 g/mol. The van der Waals surface area contributed by atoms with Gasteiger partial charge in [0, 0.05) is 11.6 Å². The Kier molecular flexibility index (Phi) is 5.46. The van der Waals surface area contributed by atoms with Gasteiger partial charge in [-0.05, 0) is 45.1 Å². The van der Waals surface area contributed by atoms with E-state index in [0.29, 0.717) is 5.75 Å². The van der Waals surface area contributed by atoms with Gasteiger partial charge < -0.3 is 15.4 Å². The summed E-state index contributed by atoms with van der Waals surface area (Å²) in [6.07, 6.45) is -4.65. The highest BCUT2D eigenvalue weighted by molar-refractivity contribution is 7.80. The van der Waals surface area contributed by atoms with E-state index in [2.05, 4.69) is 20.6 Å². The maximum Gasteiger partial charge on any atom is 0.433 e. The molecule has 0 spiro atoms. The molecule has 5 nitrogen and oxygen atoms in total. The first-order valence-electron chi connectivity index (χ1n) is 7.31. The maximum atomic E-state index is 13.1. The number of alkyl halides is 3. The Morgan fingerprint density at radius 3 is 2.28 bits per heavy atom. The SMILES string of the molecule is CC(C)(C)NC(=S)Nc1nc(Oc2ccccc2)cc(C(F)(F)F)n1. The van der Waals surface area contributed by atoms with Gasteiger partial charge in [0.2, 0.25) is 11.8 Å². The lowest BCUT2D eigenvalue weighted by molar-refractivity contribution is -0.141. The molecule has 25 heavy (non-hydrogen) atoms. The van der Waals surface area contributed by atoms with Crippen molar-refractivity contribution in [2.45, 2.75) is 32.5 Å². The minimum atomic E-state index is -4.65. The lowest BCUT2D eigenvalue weighted by Crippen LogP contribution is -2.43. The molecule has 0 amide bonds. The number of nitrogens with one attached hydrogen (secondary N) is 2. The Balaban J connectivity index is 2.29. The molecule has 1 aromatic carbocycles. The summed E-state index contributed by atoms with van der Waals surface area (Å²) in [5.41, 5.74) is -1.50. The first-order valence-corrected chi connectivity index (χ1v) is 7.72. The van der Waals surface area contributed by atoms with Gasteiger partial charge in [0.1, 0.15) is 5.75 Å². The van der Waals surface area contributed by atoms with Crippen LogP contribution in [0.3, 0.4) is 0 Å². The quantitative estimate of drug-likeness (QED) is 0.783. The zero-order valence-corrected chi connectivity index (χ0v) is 14.6. The average Bonchev–Trinajstić information content (AvgIpc) is 2.45. The first kappa shape index (κ1) is 18.9. The van der Waals surface area contributed by atoms with Crippen molar-refractivity contribution in [2.75, 3.05) is 5.32 Å². The van der Waals surface area contributed by atoms with Crippen LogP contribution in [-0.2, 0) is 6.18 Å². The van der Waals surface area contributed by atoms with Crippen molar-refractivity contribution < 1.29 is 17.9 Å². The molecule has 0 aliphatic heterocycles. The van der Waals surface area contributed by atoms with Gasteiger partial charge in [-0.3, -0.25) is 0 Å². The molecule has 0 unspecified atom stereocenters. The van der Waals surface area contributed by atoms with Crippen LogP contribution in [0.1, 0.15) is 26.5 Å². The Morgan fingerprint density at radius 1 is 1.08 bits per heavy atom. The minimum absolute atomic E-state index is 0.109. The van der Waals surface area contributed by atoms with E-state index in [1.807, 2.05) is 20.8 Å². The molecule has 0 fully saturated rings. The number of ether oxygens (including phenoxy) is 1. The second kappa shape index (κ2) is 7.22. The fourth-order valence-corrected chi connectivity index (χ4v) is 2.16. The molecule has 0 aliphatic rings. The predicted molar refractivity (Wildman–Crippen MR) is 92.7 cm³/mol. The van der Waals surface area contributed by atoms with Crippen LogP contribution in [0.5, 0.6) is 11.6 Å². The van der Waals surface area contributed by atoms with E-state index in [1.54, 1.807) is 30.3 Å². The molecule has 0 radical (unpaired) electrons. The molecule has 9 heteroatoms. The maximum absolute atomic E-state index is 13.1. The van der Waals surface area contributed by atoms with Crippen molar-refractivity contribution in [3.63, 3.8) is 0 Å². The molecule has 134 valence electrons. The molecule has 0 atom stereocenters. The van der Waals surface area contributed by atoms with E-state index in [4.69, 9.17) is 17.0 Å². The lowest BCUT2D eigenvalue weighted by Gasteiger charge is -2.22. The van der Waals surface area contributed by atoms with Gasteiger partial charge in [-0.25, -0.2) is 4.98 Å². The van der Waals surface area contributed by atoms with E-state index in [9.17, 15) is 13.2 Å². The summed E-state index contributed by atoms with van der Waals surface area (Å²) in [6, 6.07) is 9.10. The van der Waals surface area contributed by atoms with Crippen LogP contribution in [0.15, 0.2) is 36.4 Å². The number of hydrogen-bond acceptors (Lipinski definition) is 4. The number of benzene rings is 1. The molecular weight excluding hydrogens is 353 g/mol. The lowest BCUT2D eigenvalue weighted by atomic mass is 10.1. The van der Waals surface area contributed by atoms with Crippen LogP contribution in [0, 0.1) is 0 Å². The molecule has 0 saturated heterocycles. The second-order valence-corrected chi connectivity index (χ2v) is 6.57. The van der Waals surface area contributed by atoms with E-state index in [0.717, 1.165) is 6.07 Å². The highest BCUT2D eigenvalue weighted by Crippen LogP contribution is 2.31. The van der Waals surface area contributed by atoms with Gasteiger partial charge in [-0.1, -0.05) is 18.2 Å². The third-order valence-corrected chi connectivity index (χ3v) is 2.88. The Morgan fingerprint density at radius 2 is 1.72 bits per heavy atom. The van der Waals surface area contributed by atoms with Crippen molar-refractivity contribution in [3.8, 4) is 11.6 Å². The van der Waals surface area contributed by atoms with Crippen LogP contribution in [0.2, 0.25) is 0 Å². The third-order valence-electron chi connectivity index (χ3n) is 2.67. The molecule has 2 N–H and O–H groups in total. The molecule has 1 aromatic heterocycles. The van der Waals surface area contributed by atoms with Gasteiger partial charge in [0.25, 0.3) is 0 Å². The van der Waals surface area contributed by atoms with Crippen molar-refractivity contribution in [1.82, 2.24) is 15.3 Å². The van der Waals surface area contributed by atoms with E-state index in [1.165, 1.54) is 0 Å². The van der Waals surface area contributed by atoms with Crippen molar-refractivity contribution in [2.24, 2.45) is 0 Å². The highest BCUT2D eigenvalue weighted by atomic mass is 32.1. The van der Waals surface area contributed by atoms with Gasteiger partial charge >= 0.3 is 6.18 Å². The second-order valence-electron chi connectivity index (χ2n) is 6.16. The third kappa shape index (κ3) is 6.18. The van der Waals surface area contributed by atoms with Gasteiger partial charge in [-0.2, -0.15) is 18.2 Å². The molecule has 0 bridgehead atoms. The number of hydrogen-bond donors (Lipinski definition) is 2. The summed E-state index contributed by atoms with van der Waals surface area (Å²) in [7, 11) is 0.